The number of nitrogens with one attached hydrogen (secondary N) is 2. The Hall–Kier alpha value is -2.73. The van der Waals surface area contributed by atoms with Crippen LogP contribution in [0.1, 0.15) is 6.92 Å². The van der Waals surface area contributed by atoms with Gasteiger partial charge in [-0.2, -0.15) is 0 Å². The molecule has 1 aliphatic heterocycles. The molecule has 11 nitrogen and oxygen atoms in total. The van der Waals surface area contributed by atoms with E-state index in [-0.39, 0.29) is 17.0 Å². The van der Waals surface area contributed by atoms with Gasteiger partial charge in [0.05, 0.1) is 17.4 Å². The Morgan fingerprint density at radius 1 is 1.41 bits per heavy atom. The van der Waals surface area contributed by atoms with E-state index in [1.165, 1.54) is 6.92 Å². The van der Waals surface area contributed by atoms with Gasteiger partial charge in [0.25, 0.3) is 5.56 Å². The van der Waals surface area contributed by atoms with Crippen molar-refractivity contribution in [3.8, 4) is 5.88 Å². The lowest BCUT2D eigenvalue weighted by molar-refractivity contribution is -0.245. The minimum absolute atomic E-state index is 0.0578. The lowest BCUT2D eigenvalue weighted by Gasteiger charge is -2.41. The Labute approximate surface area is 152 Å². The second-order valence-corrected chi connectivity index (χ2v) is 6.18. The second-order valence-electron chi connectivity index (χ2n) is 6.18. The molecule has 2 heterocycles. The zero-order chi connectivity index (χ0) is 19.7. The van der Waals surface area contributed by atoms with Crippen LogP contribution < -0.4 is 21.3 Å². The highest BCUT2D eigenvalue weighted by Crippen LogP contribution is 2.28. The Balaban J connectivity index is 2.00. The normalized spacial score (nSPS) is 28.1. The fourth-order valence-electron chi connectivity index (χ4n) is 2.99. The third kappa shape index (κ3) is 3.57. The fraction of sp³-hybridized carbons (Fsp3) is 0.438. The molecule has 1 fully saturated rings. The predicted octanol–water partition coefficient (Wildman–Crippen LogP) is -2.17. The quantitative estimate of drug-likeness (QED) is 0.322. The lowest BCUT2D eigenvalue weighted by Crippen LogP contribution is -2.65. The number of fused-ring (bicyclic) bond motifs is 1. The number of benzene rings is 1. The average molecular weight is 380 g/mol. The summed E-state index contributed by atoms with van der Waals surface area (Å²) in [6.07, 6.45) is -5.35. The van der Waals surface area contributed by atoms with Crippen molar-refractivity contribution in [2.45, 2.75) is 37.6 Å². The van der Waals surface area contributed by atoms with Crippen LogP contribution in [0.2, 0.25) is 0 Å². The zero-order valence-corrected chi connectivity index (χ0v) is 14.3. The minimum atomic E-state index is -1.47. The number of carbonyl (C=O) groups excluding carboxylic acids is 1. The largest absolute Gasteiger partial charge is 0.444 e. The number of carbonyl (C=O) groups is 1. The summed E-state index contributed by atoms with van der Waals surface area (Å²) in [6.45, 7) is 0.639. The van der Waals surface area contributed by atoms with Crippen molar-refractivity contribution in [1.29, 1.82) is 0 Å². The van der Waals surface area contributed by atoms with Gasteiger partial charge in [0.1, 0.15) is 24.4 Å². The molecule has 1 amide bonds. The maximum atomic E-state index is 12.0. The number of aromatic amines is 1. The van der Waals surface area contributed by atoms with E-state index in [0.717, 1.165) is 0 Å². The molecule has 0 bridgehead atoms. The van der Waals surface area contributed by atoms with Crippen molar-refractivity contribution in [3.05, 3.63) is 28.6 Å². The van der Waals surface area contributed by atoms with Crippen LogP contribution in [0.4, 0.5) is 5.69 Å². The molecule has 2 aromatic rings. The molecule has 146 valence electrons. The van der Waals surface area contributed by atoms with Crippen LogP contribution in [0.25, 0.3) is 10.8 Å². The van der Waals surface area contributed by atoms with E-state index in [1.54, 1.807) is 18.2 Å². The maximum absolute atomic E-state index is 12.0. The van der Waals surface area contributed by atoms with Crippen LogP contribution in [0.15, 0.2) is 23.0 Å². The Bertz CT molecular complexity index is 902. The summed E-state index contributed by atoms with van der Waals surface area (Å²) in [7, 11) is 0. The van der Waals surface area contributed by atoms with E-state index >= 15 is 0 Å². The van der Waals surface area contributed by atoms with Gasteiger partial charge in [0, 0.05) is 12.6 Å². The smallest absolute Gasteiger partial charge is 0.274 e. The number of aliphatic hydroxyl groups excluding tert-OH is 3. The number of amides is 1. The van der Waals surface area contributed by atoms with Gasteiger partial charge in [-0.05, 0) is 12.1 Å². The number of rotatable bonds is 4. The highest BCUT2D eigenvalue weighted by Gasteiger charge is 2.46. The molecule has 1 aromatic carbocycles. The van der Waals surface area contributed by atoms with Crippen LogP contribution in [0, 0.1) is 0 Å². The standard InChI is InChI=1S/C16H20N4O7/c1-6(22)18-11-13(24)12(23)9(5-21)26-16(11)27-15-7-3-2-4-8(17)10(7)14(25)19-20-15/h2-4,9,11-13,16,21,23-24H,5,17H2,1H3,(H,18,22)(H,19,25). The summed E-state index contributed by atoms with van der Waals surface area (Å²) in [4.78, 5) is 23.5. The summed E-state index contributed by atoms with van der Waals surface area (Å²) >= 11 is 0. The molecule has 0 spiro atoms. The first kappa shape index (κ1) is 19.0. The van der Waals surface area contributed by atoms with Crippen molar-refractivity contribution >= 4 is 22.4 Å². The van der Waals surface area contributed by atoms with E-state index in [4.69, 9.17) is 15.2 Å². The van der Waals surface area contributed by atoms with Crippen molar-refractivity contribution in [2.75, 3.05) is 12.3 Å². The fourth-order valence-corrected chi connectivity index (χ4v) is 2.99. The number of nitrogens with two attached hydrogens (primary N) is 1. The molecule has 7 N–H and O–H groups in total. The first-order valence-electron chi connectivity index (χ1n) is 8.16. The van der Waals surface area contributed by atoms with Crippen molar-refractivity contribution in [1.82, 2.24) is 15.5 Å². The number of ether oxygens (including phenoxy) is 2. The summed E-state index contributed by atoms with van der Waals surface area (Å²) in [5, 5.41) is 38.7. The van der Waals surface area contributed by atoms with Crippen LogP contribution in [0.5, 0.6) is 5.88 Å². The monoisotopic (exact) mass is 380 g/mol. The van der Waals surface area contributed by atoms with Crippen LogP contribution >= 0.6 is 0 Å². The molecular weight excluding hydrogens is 360 g/mol. The average Bonchev–Trinajstić information content (AvgIpc) is 2.63. The van der Waals surface area contributed by atoms with Crippen LogP contribution in [-0.2, 0) is 9.53 Å². The third-order valence-electron chi connectivity index (χ3n) is 4.29. The van der Waals surface area contributed by atoms with Gasteiger partial charge in [0.15, 0.2) is 0 Å². The molecule has 0 saturated carbocycles. The van der Waals surface area contributed by atoms with Gasteiger partial charge < -0.3 is 35.8 Å². The number of aliphatic hydroxyl groups is 3. The van der Waals surface area contributed by atoms with Crippen LogP contribution in [-0.4, -0.2) is 68.7 Å². The maximum Gasteiger partial charge on any atom is 0.274 e. The Kier molecular flexibility index (Phi) is 5.28. The van der Waals surface area contributed by atoms with E-state index in [0.29, 0.717) is 5.39 Å². The van der Waals surface area contributed by atoms with Gasteiger partial charge in [-0.25, -0.2) is 5.10 Å². The van der Waals surface area contributed by atoms with Crippen molar-refractivity contribution in [2.24, 2.45) is 0 Å². The predicted molar refractivity (Wildman–Crippen MR) is 92.8 cm³/mol. The van der Waals surface area contributed by atoms with Crippen molar-refractivity contribution < 1.29 is 29.6 Å². The van der Waals surface area contributed by atoms with Gasteiger partial charge in [-0.15, -0.1) is 5.10 Å². The number of nitrogen functional groups attached to an aromatic ring is 1. The Morgan fingerprint density at radius 3 is 2.81 bits per heavy atom. The third-order valence-corrected chi connectivity index (χ3v) is 4.29. The van der Waals surface area contributed by atoms with E-state index in [9.17, 15) is 24.9 Å². The van der Waals surface area contributed by atoms with Gasteiger partial charge >= 0.3 is 0 Å². The topological polar surface area (TPSA) is 180 Å². The number of H-pyrrole nitrogens is 1. The van der Waals surface area contributed by atoms with Gasteiger partial charge in [-0.3, -0.25) is 9.59 Å². The highest BCUT2D eigenvalue weighted by atomic mass is 16.7. The molecule has 27 heavy (non-hydrogen) atoms. The highest BCUT2D eigenvalue weighted by molar-refractivity contribution is 5.94. The summed E-state index contributed by atoms with van der Waals surface area (Å²) in [6, 6.07) is 3.56. The van der Waals surface area contributed by atoms with Gasteiger partial charge in [0.2, 0.25) is 18.1 Å². The molecule has 3 rings (SSSR count). The Morgan fingerprint density at radius 2 is 2.15 bits per heavy atom. The molecule has 5 unspecified atom stereocenters. The van der Waals surface area contributed by atoms with Crippen LogP contribution in [0.3, 0.4) is 0 Å². The summed E-state index contributed by atoms with van der Waals surface area (Å²) in [5.74, 6) is -0.549. The summed E-state index contributed by atoms with van der Waals surface area (Å²) in [5.41, 5.74) is 5.54. The number of nitrogens with zero attached hydrogens (tertiary/aromatic N) is 1. The molecule has 1 saturated heterocycles. The second kappa shape index (κ2) is 7.48. The van der Waals surface area contributed by atoms with E-state index < -0.39 is 48.7 Å². The van der Waals surface area contributed by atoms with E-state index in [1.807, 2.05) is 0 Å². The number of hydrogen-bond donors (Lipinski definition) is 6. The lowest BCUT2D eigenvalue weighted by atomic mass is 9.97. The molecule has 11 heteroatoms. The molecule has 5 atom stereocenters. The molecule has 0 radical (unpaired) electrons. The minimum Gasteiger partial charge on any atom is -0.444 e. The zero-order valence-electron chi connectivity index (χ0n) is 14.3. The first-order chi connectivity index (χ1) is 12.8. The van der Waals surface area contributed by atoms with Crippen molar-refractivity contribution in [3.63, 3.8) is 0 Å². The SMILES string of the molecule is CC(=O)NC1C(Oc2n[nH]c(=O)c3c(N)cccc23)OC(CO)C(O)C1O. The number of anilines is 1. The molecular formula is C16H20N4O7. The molecule has 1 aromatic heterocycles. The molecule has 1 aliphatic rings. The first-order valence-corrected chi connectivity index (χ1v) is 8.16. The van der Waals surface area contributed by atoms with E-state index in [2.05, 4.69) is 15.5 Å². The number of aromatic nitrogens is 2. The molecule has 0 aliphatic carbocycles. The summed E-state index contributed by atoms with van der Waals surface area (Å²) < 4.78 is 11.2. The number of hydrogen-bond acceptors (Lipinski definition) is 9. The van der Waals surface area contributed by atoms with Gasteiger partial charge in [-0.1, -0.05) is 6.07 Å².